The third-order valence-corrected chi connectivity index (χ3v) is 5.28. The molecule has 0 spiro atoms. The first-order valence-corrected chi connectivity index (χ1v) is 7.68. The Morgan fingerprint density at radius 3 is 2.55 bits per heavy atom. The molecule has 20 heavy (non-hydrogen) atoms. The smallest absolute Gasteiger partial charge is 0.161 e. The average Bonchev–Trinajstić information content (AvgIpc) is 3.09. The van der Waals surface area contributed by atoms with Crippen molar-refractivity contribution in [2.45, 2.75) is 38.1 Å². The van der Waals surface area contributed by atoms with Gasteiger partial charge in [0, 0.05) is 6.04 Å². The fourth-order valence-corrected chi connectivity index (χ4v) is 4.21. The molecule has 3 heteroatoms. The lowest BCUT2D eigenvalue weighted by atomic mass is 9.83. The van der Waals surface area contributed by atoms with Gasteiger partial charge in [-0.2, -0.15) is 0 Å². The maximum atomic E-state index is 6.43. The first kappa shape index (κ1) is 13.7. The zero-order valence-electron chi connectivity index (χ0n) is 12.5. The summed E-state index contributed by atoms with van der Waals surface area (Å²) in [6, 6.07) is 6.16. The van der Waals surface area contributed by atoms with Crippen molar-refractivity contribution < 1.29 is 9.47 Å². The van der Waals surface area contributed by atoms with Crippen LogP contribution in [0.15, 0.2) is 18.2 Å². The summed E-state index contributed by atoms with van der Waals surface area (Å²) in [7, 11) is 3.33. The molecule has 3 rings (SSSR count). The van der Waals surface area contributed by atoms with Gasteiger partial charge in [-0.3, -0.25) is 0 Å². The predicted molar refractivity (Wildman–Crippen MR) is 80.0 cm³/mol. The molecule has 0 heterocycles. The molecular weight excluding hydrogens is 250 g/mol. The number of hydrogen-bond acceptors (Lipinski definition) is 3. The summed E-state index contributed by atoms with van der Waals surface area (Å²) < 4.78 is 10.6. The van der Waals surface area contributed by atoms with E-state index in [1.165, 1.54) is 25.7 Å². The van der Waals surface area contributed by atoms with Gasteiger partial charge in [0.15, 0.2) is 11.5 Å². The number of methoxy groups -OCH3 is 2. The van der Waals surface area contributed by atoms with Crippen LogP contribution in [-0.2, 0) is 0 Å². The van der Waals surface area contributed by atoms with Gasteiger partial charge in [-0.1, -0.05) is 12.5 Å². The molecule has 4 unspecified atom stereocenters. The lowest BCUT2D eigenvalue weighted by molar-refractivity contribution is 0.295. The van der Waals surface area contributed by atoms with Gasteiger partial charge in [0.25, 0.3) is 0 Å². The average molecular weight is 275 g/mol. The summed E-state index contributed by atoms with van der Waals surface area (Å²) in [6.07, 6.45) is 6.83. The number of rotatable bonds is 5. The van der Waals surface area contributed by atoms with Crippen molar-refractivity contribution in [1.29, 1.82) is 0 Å². The molecule has 2 aliphatic rings. The summed E-state index contributed by atoms with van der Waals surface area (Å²) in [6.45, 7) is 0. The monoisotopic (exact) mass is 275 g/mol. The highest BCUT2D eigenvalue weighted by atomic mass is 16.5. The molecule has 0 radical (unpaired) electrons. The Labute approximate surface area is 121 Å². The Morgan fingerprint density at radius 2 is 1.95 bits per heavy atom. The SMILES string of the molecule is COc1ccc(C(N)CC2CC3CCC2C3)cc1OC. The molecule has 2 fully saturated rings. The van der Waals surface area contributed by atoms with Gasteiger partial charge in [0.1, 0.15) is 0 Å². The predicted octanol–water partition coefficient (Wildman–Crippen LogP) is 3.53. The second kappa shape index (κ2) is 5.65. The van der Waals surface area contributed by atoms with E-state index in [1.54, 1.807) is 14.2 Å². The Kier molecular flexibility index (Phi) is 3.88. The van der Waals surface area contributed by atoms with E-state index < -0.39 is 0 Å². The first-order chi connectivity index (χ1) is 9.71. The Bertz CT molecular complexity index is 474. The van der Waals surface area contributed by atoms with Crippen molar-refractivity contribution in [3.63, 3.8) is 0 Å². The largest absolute Gasteiger partial charge is 0.493 e. The molecule has 2 N–H and O–H groups in total. The molecule has 110 valence electrons. The summed E-state index contributed by atoms with van der Waals surface area (Å²) in [5.74, 6) is 4.29. The summed E-state index contributed by atoms with van der Waals surface area (Å²) >= 11 is 0. The highest BCUT2D eigenvalue weighted by Crippen LogP contribution is 2.50. The van der Waals surface area contributed by atoms with E-state index in [2.05, 4.69) is 6.07 Å². The van der Waals surface area contributed by atoms with Crippen molar-refractivity contribution in [3.05, 3.63) is 23.8 Å². The van der Waals surface area contributed by atoms with Crippen molar-refractivity contribution >= 4 is 0 Å². The van der Waals surface area contributed by atoms with Gasteiger partial charge in [-0.25, -0.2) is 0 Å². The topological polar surface area (TPSA) is 44.5 Å². The van der Waals surface area contributed by atoms with Crippen LogP contribution < -0.4 is 15.2 Å². The molecular formula is C17H25NO2. The molecule has 2 bridgehead atoms. The van der Waals surface area contributed by atoms with Crippen molar-refractivity contribution in [3.8, 4) is 11.5 Å². The van der Waals surface area contributed by atoms with Crippen LogP contribution in [0, 0.1) is 17.8 Å². The van der Waals surface area contributed by atoms with Gasteiger partial charge in [-0.15, -0.1) is 0 Å². The lowest BCUT2D eigenvalue weighted by Crippen LogP contribution is -2.19. The maximum Gasteiger partial charge on any atom is 0.161 e. The van der Waals surface area contributed by atoms with E-state index in [0.717, 1.165) is 41.2 Å². The first-order valence-electron chi connectivity index (χ1n) is 7.68. The normalized spacial score (nSPS) is 29.4. The number of ether oxygens (including phenoxy) is 2. The van der Waals surface area contributed by atoms with E-state index in [1.807, 2.05) is 12.1 Å². The van der Waals surface area contributed by atoms with Crippen LogP contribution in [0.25, 0.3) is 0 Å². The molecule has 2 aliphatic carbocycles. The quantitative estimate of drug-likeness (QED) is 0.894. The van der Waals surface area contributed by atoms with Crippen molar-refractivity contribution in [2.24, 2.45) is 23.5 Å². The molecule has 0 amide bonds. The highest BCUT2D eigenvalue weighted by molar-refractivity contribution is 5.43. The summed E-state index contributed by atoms with van der Waals surface area (Å²) in [5, 5.41) is 0. The van der Waals surface area contributed by atoms with E-state index in [4.69, 9.17) is 15.2 Å². The maximum absolute atomic E-state index is 6.43. The molecule has 1 aromatic carbocycles. The molecule has 3 nitrogen and oxygen atoms in total. The van der Waals surface area contributed by atoms with E-state index >= 15 is 0 Å². The third kappa shape index (κ3) is 2.51. The second-order valence-corrected chi connectivity index (χ2v) is 6.39. The van der Waals surface area contributed by atoms with E-state index in [9.17, 15) is 0 Å². The Hall–Kier alpha value is -1.22. The number of nitrogens with two attached hydrogens (primary N) is 1. The minimum atomic E-state index is 0.110. The number of fused-ring (bicyclic) bond motifs is 2. The second-order valence-electron chi connectivity index (χ2n) is 6.39. The minimum Gasteiger partial charge on any atom is -0.493 e. The molecule has 4 atom stereocenters. The van der Waals surface area contributed by atoms with Gasteiger partial charge < -0.3 is 15.2 Å². The van der Waals surface area contributed by atoms with E-state index in [0.29, 0.717) is 0 Å². The van der Waals surface area contributed by atoms with Crippen molar-refractivity contribution in [2.75, 3.05) is 14.2 Å². The third-order valence-electron chi connectivity index (χ3n) is 5.28. The fourth-order valence-electron chi connectivity index (χ4n) is 4.21. The zero-order chi connectivity index (χ0) is 14.1. The highest BCUT2D eigenvalue weighted by Gasteiger charge is 2.39. The fraction of sp³-hybridized carbons (Fsp3) is 0.647. The molecule has 0 aliphatic heterocycles. The number of hydrogen-bond donors (Lipinski definition) is 1. The molecule has 0 saturated heterocycles. The van der Waals surface area contributed by atoms with Gasteiger partial charge in [0.2, 0.25) is 0 Å². The van der Waals surface area contributed by atoms with Crippen LogP contribution in [0.5, 0.6) is 11.5 Å². The van der Waals surface area contributed by atoms with E-state index in [-0.39, 0.29) is 6.04 Å². The van der Waals surface area contributed by atoms with Gasteiger partial charge in [-0.05, 0) is 61.1 Å². The van der Waals surface area contributed by atoms with Crippen LogP contribution in [0.2, 0.25) is 0 Å². The Morgan fingerprint density at radius 1 is 1.15 bits per heavy atom. The minimum absolute atomic E-state index is 0.110. The lowest BCUT2D eigenvalue weighted by Gasteiger charge is -2.25. The molecule has 2 saturated carbocycles. The zero-order valence-corrected chi connectivity index (χ0v) is 12.5. The Balaban J connectivity index is 1.69. The molecule has 1 aromatic rings. The van der Waals surface area contributed by atoms with Gasteiger partial charge in [0.05, 0.1) is 14.2 Å². The van der Waals surface area contributed by atoms with Crippen LogP contribution in [0.1, 0.15) is 43.7 Å². The number of benzene rings is 1. The summed E-state index contributed by atoms with van der Waals surface area (Å²) in [5.41, 5.74) is 7.58. The van der Waals surface area contributed by atoms with Crippen LogP contribution in [-0.4, -0.2) is 14.2 Å². The van der Waals surface area contributed by atoms with Crippen LogP contribution in [0.4, 0.5) is 0 Å². The van der Waals surface area contributed by atoms with Crippen LogP contribution in [0.3, 0.4) is 0 Å². The molecule has 0 aromatic heterocycles. The van der Waals surface area contributed by atoms with Crippen molar-refractivity contribution in [1.82, 2.24) is 0 Å². The summed E-state index contributed by atoms with van der Waals surface area (Å²) in [4.78, 5) is 0. The standard InChI is InChI=1S/C17H25NO2/c1-19-16-6-5-13(10-17(16)20-2)15(18)9-14-8-11-3-4-12(14)7-11/h5-6,10-12,14-15H,3-4,7-9,18H2,1-2H3. The van der Waals surface area contributed by atoms with Gasteiger partial charge >= 0.3 is 0 Å². The van der Waals surface area contributed by atoms with Crippen LogP contribution >= 0.6 is 0 Å².